The van der Waals surface area contributed by atoms with Crippen LogP contribution in [0.5, 0.6) is 0 Å². The Labute approximate surface area is 300 Å². The summed E-state index contributed by atoms with van der Waals surface area (Å²) in [7, 11) is 0. The van der Waals surface area contributed by atoms with Crippen molar-refractivity contribution in [2.24, 2.45) is 17.8 Å². The molecule has 0 unspecified atom stereocenters. The molecule has 1 aliphatic carbocycles. The summed E-state index contributed by atoms with van der Waals surface area (Å²) < 4.78 is 0. The third-order valence-corrected chi connectivity index (χ3v) is 11.9. The quantitative estimate of drug-likeness (QED) is 0.164. The summed E-state index contributed by atoms with van der Waals surface area (Å²) in [5, 5.41) is 24.0. The minimum absolute atomic E-state index is 0.114. The van der Waals surface area contributed by atoms with Crippen LogP contribution in [0.15, 0.2) is 48.8 Å². The van der Waals surface area contributed by atoms with E-state index in [0.717, 1.165) is 52.5 Å². The summed E-state index contributed by atoms with van der Waals surface area (Å²) in [6.07, 6.45) is 14.7. The van der Waals surface area contributed by atoms with E-state index in [1.165, 1.54) is 62.7 Å². The van der Waals surface area contributed by atoms with Crippen LogP contribution in [-0.2, 0) is 21.4 Å². The molecule has 1 aromatic carbocycles. The van der Waals surface area contributed by atoms with Gasteiger partial charge in [-0.15, -0.1) is 11.3 Å². The highest BCUT2D eigenvalue weighted by atomic mass is 32.1. The van der Waals surface area contributed by atoms with E-state index < -0.39 is 36.5 Å². The minimum Gasteiger partial charge on any atom is -0.480 e. The number of aliphatic carboxylic acids is 1. The Kier molecular flexibility index (Phi) is 12.7. The maximum absolute atomic E-state index is 13.2. The maximum atomic E-state index is 13.2. The van der Waals surface area contributed by atoms with Gasteiger partial charge in [0.2, 0.25) is 5.91 Å². The third kappa shape index (κ3) is 9.69. The minimum atomic E-state index is -1.49. The molecule has 270 valence electrons. The Bertz CT molecular complexity index is 1570. The summed E-state index contributed by atoms with van der Waals surface area (Å²) in [4.78, 5) is 51.2. The zero-order valence-electron chi connectivity index (χ0n) is 29.9. The number of amides is 2. The predicted molar refractivity (Wildman–Crippen MR) is 197 cm³/mol. The molecule has 4 N–H and O–H groups in total. The van der Waals surface area contributed by atoms with Crippen LogP contribution in [0.2, 0.25) is 0 Å². The first kappa shape index (κ1) is 37.4. The number of anilines is 1. The molecule has 5 rings (SSSR count). The highest BCUT2D eigenvalue weighted by Gasteiger charge is 2.31. The number of aliphatic hydroxyl groups is 1. The Hall–Kier alpha value is -3.83. The lowest BCUT2D eigenvalue weighted by atomic mass is 9.72. The zero-order valence-corrected chi connectivity index (χ0v) is 30.7. The first-order valence-corrected chi connectivity index (χ1v) is 19.0. The highest BCUT2D eigenvalue weighted by Crippen LogP contribution is 2.39. The number of nitrogens with zero attached hydrogens (tertiary/aromatic N) is 3. The number of nitrogens with one attached hydrogen (secondary N) is 2. The molecule has 50 heavy (non-hydrogen) atoms. The van der Waals surface area contributed by atoms with Gasteiger partial charge < -0.3 is 25.7 Å². The number of aliphatic hydroxyl groups excluding tert-OH is 1. The number of carboxylic acids is 1. The predicted octanol–water partition coefficient (Wildman–Crippen LogP) is 6.23. The number of benzene rings is 1. The Morgan fingerprint density at radius 1 is 0.900 bits per heavy atom. The van der Waals surface area contributed by atoms with Crippen molar-refractivity contribution in [1.82, 2.24) is 20.6 Å². The number of carbonyl (C=O) groups excluding carboxylic acids is 2. The topological polar surface area (TPSA) is 145 Å². The molecule has 1 aliphatic heterocycles. The number of rotatable bonds is 13. The lowest BCUT2D eigenvalue weighted by Gasteiger charge is -2.39. The van der Waals surface area contributed by atoms with Crippen molar-refractivity contribution in [1.29, 1.82) is 0 Å². The highest BCUT2D eigenvalue weighted by molar-refractivity contribution is 7.14. The number of carbonyl (C=O) groups is 3. The summed E-state index contributed by atoms with van der Waals surface area (Å²) >= 11 is 1.35. The fraction of sp³-hybridized carbons (Fsp3) is 0.564. The average molecular weight is 704 g/mol. The maximum Gasteiger partial charge on any atom is 0.328 e. The Morgan fingerprint density at radius 3 is 2.10 bits per heavy atom. The van der Waals surface area contributed by atoms with Gasteiger partial charge in [0.15, 0.2) is 5.82 Å². The summed E-state index contributed by atoms with van der Waals surface area (Å²) in [6, 6.07) is 8.53. The third-order valence-electron chi connectivity index (χ3n) is 10.4. The van der Waals surface area contributed by atoms with E-state index in [2.05, 4.69) is 53.2 Å². The van der Waals surface area contributed by atoms with Gasteiger partial charge in [0.05, 0.1) is 29.6 Å². The van der Waals surface area contributed by atoms with E-state index in [9.17, 15) is 24.6 Å². The van der Waals surface area contributed by atoms with Crippen LogP contribution in [0.4, 0.5) is 5.69 Å². The molecule has 3 aromatic rings. The second-order valence-electron chi connectivity index (χ2n) is 15.1. The molecular weight excluding hydrogens is 651 g/mol. The van der Waals surface area contributed by atoms with Crippen LogP contribution in [0, 0.1) is 17.8 Å². The SMILES string of the molecule is CCC[C@H]1CC[C@H](C2CCN(c3cnc(-c4ccc(C[C@H](NC(=O)c5ccc(C(C)(C)C)s5)C(=O)N[C@@H](CO)C(=O)O)cc4)nc3)CC2)CC1. The summed E-state index contributed by atoms with van der Waals surface area (Å²) in [5.41, 5.74) is 2.49. The lowest BCUT2D eigenvalue weighted by Crippen LogP contribution is -2.53. The first-order valence-electron chi connectivity index (χ1n) is 18.2. The van der Waals surface area contributed by atoms with E-state index in [0.29, 0.717) is 10.7 Å². The van der Waals surface area contributed by atoms with E-state index in [1.54, 1.807) is 6.07 Å². The van der Waals surface area contributed by atoms with Gasteiger partial charge in [-0.3, -0.25) is 9.59 Å². The number of aromatic nitrogens is 2. The standard InChI is InChI=1S/C39H53N5O5S/c1-5-6-25-7-11-27(12-8-25)28-17-19-44(20-18-28)30-22-40-35(41-23-30)29-13-9-26(10-14-29)21-31(36(46)43-32(24-45)38(48)49)42-37(47)33-15-16-34(50-33)39(2,3)4/h9-10,13-16,22-23,25,27-28,31-32,45H,5-8,11-12,17-21,24H2,1-4H3,(H,42,47)(H,43,46)(H,48,49)/t25-,27-,31-,32-/m0/s1. The number of piperidine rings is 1. The normalized spacial score (nSPS) is 19.8. The molecule has 11 heteroatoms. The van der Waals surface area contributed by atoms with Crippen LogP contribution in [0.1, 0.15) is 99.2 Å². The average Bonchev–Trinajstić information content (AvgIpc) is 3.63. The molecule has 1 saturated heterocycles. The lowest BCUT2D eigenvalue weighted by molar-refractivity contribution is -0.143. The van der Waals surface area contributed by atoms with Crippen molar-refractivity contribution in [2.75, 3.05) is 24.6 Å². The van der Waals surface area contributed by atoms with Crippen molar-refractivity contribution in [3.05, 3.63) is 64.1 Å². The molecule has 0 bridgehead atoms. The first-order chi connectivity index (χ1) is 23.9. The fourth-order valence-electron chi connectivity index (χ4n) is 7.40. The molecule has 2 atom stereocenters. The zero-order chi connectivity index (χ0) is 35.8. The van der Waals surface area contributed by atoms with Crippen LogP contribution >= 0.6 is 11.3 Å². The van der Waals surface area contributed by atoms with E-state index in [4.69, 9.17) is 0 Å². The van der Waals surface area contributed by atoms with Crippen molar-refractivity contribution in [3.63, 3.8) is 0 Å². The molecule has 10 nitrogen and oxygen atoms in total. The van der Waals surface area contributed by atoms with Gasteiger partial charge in [-0.2, -0.15) is 0 Å². The molecular formula is C39H53N5O5S. The molecule has 2 aromatic heterocycles. The summed E-state index contributed by atoms with van der Waals surface area (Å²) in [5.74, 6) is 0.780. The smallest absolute Gasteiger partial charge is 0.328 e. The van der Waals surface area contributed by atoms with Gasteiger partial charge in [-0.05, 0) is 66.5 Å². The number of hydrogen-bond acceptors (Lipinski definition) is 8. The number of hydrogen-bond donors (Lipinski definition) is 4. The number of thiophene rings is 1. The van der Waals surface area contributed by atoms with Crippen molar-refractivity contribution >= 4 is 34.8 Å². The van der Waals surface area contributed by atoms with Gasteiger partial charge in [-0.1, -0.05) is 77.6 Å². The monoisotopic (exact) mass is 703 g/mol. The number of carboxylic acid groups (broad SMARTS) is 1. The molecule has 3 heterocycles. The molecule has 2 amide bonds. The van der Waals surface area contributed by atoms with Gasteiger partial charge in [0.25, 0.3) is 5.91 Å². The second kappa shape index (κ2) is 16.9. The van der Waals surface area contributed by atoms with Crippen LogP contribution in [0.25, 0.3) is 11.4 Å². The second-order valence-corrected chi connectivity index (χ2v) is 16.2. The Morgan fingerprint density at radius 2 is 1.54 bits per heavy atom. The van der Waals surface area contributed by atoms with Gasteiger partial charge in [0, 0.05) is 30.0 Å². The van der Waals surface area contributed by atoms with Crippen LogP contribution in [0.3, 0.4) is 0 Å². The molecule has 0 radical (unpaired) electrons. The molecule has 1 saturated carbocycles. The van der Waals surface area contributed by atoms with Gasteiger partial charge >= 0.3 is 5.97 Å². The van der Waals surface area contributed by atoms with E-state index in [1.807, 2.05) is 42.7 Å². The molecule has 0 spiro atoms. The summed E-state index contributed by atoms with van der Waals surface area (Å²) in [6.45, 7) is 9.79. The van der Waals surface area contributed by atoms with Gasteiger partial charge in [0.1, 0.15) is 12.1 Å². The fourth-order valence-corrected chi connectivity index (χ4v) is 8.37. The van der Waals surface area contributed by atoms with Crippen LogP contribution in [-0.4, -0.2) is 69.7 Å². The molecule has 2 aliphatic rings. The van der Waals surface area contributed by atoms with Crippen molar-refractivity contribution < 1.29 is 24.6 Å². The van der Waals surface area contributed by atoms with Gasteiger partial charge in [-0.25, -0.2) is 14.8 Å². The van der Waals surface area contributed by atoms with Crippen LogP contribution < -0.4 is 15.5 Å². The van der Waals surface area contributed by atoms with Crippen molar-refractivity contribution in [3.8, 4) is 11.4 Å². The molecule has 2 fully saturated rings. The van der Waals surface area contributed by atoms with Crippen molar-refractivity contribution in [2.45, 2.75) is 103 Å². The largest absolute Gasteiger partial charge is 0.480 e. The van der Waals surface area contributed by atoms with E-state index >= 15 is 0 Å². The van der Waals surface area contributed by atoms with E-state index in [-0.39, 0.29) is 11.8 Å². The Balaban J connectivity index is 1.20.